The first-order valence-electron chi connectivity index (χ1n) is 6.60. The van der Waals surface area contributed by atoms with Gasteiger partial charge in [0.25, 0.3) is 0 Å². The van der Waals surface area contributed by atoms with Crippen LogP contribution < -0.4 is 5.32 Å². The number of carbonyl (C=O) groups excluding carboxylic acids is 1. The Labute approximate surface area is 113 Å². The van der Waals surface area contributed by atoms with Crippen molar-refractivity contribution in [3.8, 4) is 6.07 Å². The highest BCUT2D eigenvalue weighted by Gasteiger charge is 2.34. The minimum absolute atomic E-state index is 0.256. The van der Waals surface area contributed by atoms with Gasteiger partial charge in [0.05, 0.1) is 11.5 Å². The molecule has 4 nitrogen and oxygen atoms in total. The molecule has 1 N–H and O–H groups in total. The molecule has 19 heavy (non-hydrogen) atoms. The van der Waals surface area contributed by atoms with Crippen LogP contribution in [0.2, 0.25) is 0 Å². The summed E-state index contributed by atoms with van der Waals surface area (Å²) in [5.74, 6) is 0. The molecule has 0 heterocycles. The summed E-state index contributed by atoms with van der Waals surface area (Å²) in [4.78, 5) is 11.6. The standard InChI is InChI=1S/C15H18N2O2/c16-11-15(8-4-5-9-15)12-17-14(18)19-10-13-6-2-1-3-7-13/h1-3,6-7H,4-5,8-10,12H2,(H,17,18). The second kappa shape index (κ2) is 6.24. The molecule has 1 aromatic carbocycles. The number of hydrogen-bond acceptors (Lipinski definition) is 3. The van der Waals surface area contributed by atoms with Gasteiger partial charge in [-0.2, -0.15) is 5.26 Å². The van der Waals surface area contributed by atoms with Gasteiger partial charge in [-0.1, -0.05) is 43.2 Å². The van der Waals surface area contributed by atoms with Crippen molar-refractivity contribution in [1.82, 2.24) is 5.32 Å². The molecule has 4 heteroatoms. The zero-order valence-electron chi connectivity index (χ0n) is 10.9. The summed E-state index contributed by atoms with van der Waals surface area (Å²) < 4.78 is 5.12. The SMILES string of the molecule is N#CC1(CNC(=O)OCc2ccccc2)CCCC1. The molecular weight excluding hydrogens is 240 g/mol. The van der Waals surface area contributed by atoms with Crippen molar-refractivity contribution in [2.75, 3.05) is 6.54 Å². The molecule has 0 atom stereocenters. The Bertz CT molecular complexity index is 459. The number of ether oxygens (including phenoxy) is 1. The maximum atomic E-state index is 11.6. The molecule has 1 fully saturated rings. The highest BCUT2D eigenvalue weighted by molar-refractivity contribution is 5.67. The Balaban J connectivity index is 1.74. The van der Waals surface area contributed by atoms with Crippen LogP contribution in [0.25, 0.3) is 0 Å². The zero-order valence-corrected chi connectivity index (χ0v) is 10.9. The van der Waals surface area contributed by atoms with Gasteiger partial charge in [-0.05, 0) is 18.4 Å². The van der Waals surface area contributed by atoms with Gasteiger partial charge in [0.2, 0.25) is 0 Å². The Morgan fingerprint density at radius 2 is 2.00 bits per heavy atom. The van der Waals surface area contributed by atoms with Crippen molar-refractivity contribution in [3.63, 3.8) is 0 Å². The van der Waals surface area contributed by atoms with E-state index in [2.05, 4.69) is 11.4 Å². The number of nitrogens with zero attached hydrogens (tertiary/aromatic N) is 1. The normalized spacial score (nSPS) is 16.6. The number of rotatable bonds is 4. The van der Waals surface area contributed by atoms with E-state index in [0.29, 0.717) is 6.54 Å². The van der Waals surface area contributed by atoms with Crippen LogP contribution in [-0.4, -0.2) is 12.6 Å². The first-order chi connectivity index (χ1) is 9.24. The molecule has 1 saturated carbocycles. The predicted octanol–water partition coefficient (Wildman–Crippen LogP) is 3.00. The second-order valence-corrected chi connectivity index (χ2v) is 5.01. The van der Waals surface area contributed by atoms with E-state index in [0.717, 1.165) is 31.2 Å². The second-order valence-electron chi connectivity index (χ2n) is 5.01. The minimum atomic E-state index is -0.453. The number of amides is 1. The van der Waals surface area contributed by atoms with Gasteiger partial charge in [-0.25, -0.2) is 4.79 Å². The van der Waals surface area contributed by atoms with Gasteiger partial charge < -0.3 is 10.1 Å². The van der Waals surface area contributed by atoms with Gasteiger partial charge >= 0.3 is 6.09 Å². The molecule has 2 rings (SSSR count). The van der Waals surface area contributed by atoms with Gasteiger partial charge in [-0.15, -0.1) is 0 Å². The third-order valence-corrected chi connectivity index (χ3v) is 3.58. The maximum absolute atomic E-state index is 11.6. The average Bonchev–Trinajstić information content (AvgIpc) is 2.93. The van der Waals surface area contributed by atoms with Gasteiger partial charge in [0.1, 0.15) is 6.61 Å². The number of carbonyl (C=O) groups is 1. The molecule has 0 saturated heterocycles. The van der Waals surface area contributed by atoms with E-state index in [-0.39, 0.29) is 12.0 Å². The molecule has 100 valence electrons. The zero-order chi connectivity index (χ0) is 13.6. The molecule has 0 spiro atoms. The quantitative estimate of drug-likeness (QED) is 0.903. The Kier molecular flexibility index (Phi) is 4.40. The highest BCUT2D eigenvalue weighted by atomic mass is 16.5. The van der Waals surface area contributed by atoms with Gasteiger partial charge in [0, 0.05) is 6.54 Å². The fraction of sp³-hybridized carbons (Fsp3) is 0.467. The lowest BCUT2D eigenvalue weighted by atomic mass is 9.88. The summed E-state index contributed by atoms with van der Waals surface area (Å²) in [5.41, 5.74) is 0.569. The van der Waals surface area contributed by atoms with E-state index in [9.17, 15) is 10.1 Å². The van der Waals surface area contributed by atoms with E-state index >= 15 is 0 Å². The molecule has 1 aliphatic carbocycles. The van der Waals surface area contributed by atoms with Crippen molar-refractivity contribution in [2.45, 2.75) is 32.3 Å². The van der Waals surface area contributed by atoms with Crippen molar-refractivity contribution in [2.24, 2.45) is 5.41 Å². The van der Waals surface area contributed by atoms with Gasteiger partial charge in [-0.3, -0.25) is 0 Å². The minimum Gasteiger partial charge on any atom is -0.445 e. The molecular formula is C15H18N2O2. The van der Waals surface area contributed by atoms with Crippen LogP contribution >= 0.6 is 0 Å². The summed E-state index contributed by atoms with van der Waals surface area (Å²) >= 11 is 0. The molecule has 1 amide bonds. The summed E-state index contributed by atoms with van der Waals surface area (Å²) in [6, 6.07) is 11.9. The third kappa shape index (κ3) is 3.72. The Morgan fingerprint density at radius 1 is 1.32 bits per heavy atom. The molecule has 0 aliphatic heterocycles. The van der Waals surface area contributed by atoms with Crippen LogP contribution in [0.15, 0.2) is 30.3 Å². The monoisotopic (exact) mass is 258 g/mol. The molecule has 0 aromatic heterocycles. The van der Waals surface area contributed by atoms with E-state index in [1.807, 2.05) is 30.3 Å². The van der Waals surface area contributed by atoms with Crippen LogP contribution in [0, 0.1) is 16.7 Å². The van der Waals surface area contributed by atoms with Crippen molar-refractivity contribution in [1.29, 1.82) is 5.26 Å². The van der Waals surface area contributed by atoms with Crippen molar-refractivity contribution >= 4 is 6.09 Å². The van der Waals surface area contributed by atoms with Crippen LogP contribution in [-0.2, 0) is 11.3 Å². The molecule has 0 unspecified atom stereocenters. The number of hydrogen-bond donors (Lipinski definition) is 1. The van der Waals surface area contributed by atoms with Crippen molar-refractivity contribution < 1.29 is 9.53 Å². The topological polar surface area (TPSA) is 62.1 Å². The fourth-order valence-electron chi connectivity index (χ4n) is 2.40. The molecule has 1 aliphatic rings. The summed E-state index contributed by atoms with van der Waals surface area (Å²) in [6.45, 7) is 0.642. The summed E-state index contributed by atoms with van der Waals surface area (Å²) in [6.07, 6.45) is 3.40. The molecule has 0 radical (unpaired) electrons. The summed E-state index contributed by atoms with van der Waals surface area (Å²) in [7, 11) is 0. The van der Waals surface area contributed by atoms with Crippen molar-refractivity contribution in [3.05, 3.63) is 35.9 Å². The number of nitrogens with one attached hydrogen (secondary N) is 1. The van der Waals surface area contributed by atoms with Crippen LogP contribution in [0.4, 0.5) is 4.79 Å². The lowest BCUT2D eigenvalue weighted by Gasteiger charge is -2.20. The lowest BCUT2D eigenvalue weighted by molar-refractivity contribution is 0.136. The predicted molar refractivity (Wildman–Crippen MR) is 71.1 cm³/mol. The van der Waals surface area contributed by atoms with Gasteiger partial charge in [0.15, 0.2) is 0 Å². The third-order valence-electron chi connectivity index (χ3n) is 3.58. The molecule has 1 aromatic rings. The van der Waals surface area contributed by atoms with E-state index in [1.54, 1.807) is 0 Å². The highest BCUT2D eigenvalue weighted by Crippen LogP contribution is 2.36. The lowest BCUT2D eigenvalue weighted by Crippen LogP contribution is -2.35. The largest absolute Gasteiger partial charge is 0.445 e. The smallest absolute Gasteiger partial charge is 0.407 e. The first-order valence-corrected chi connectivity index (χ1v) is 6.60. The Hall–Kier alpha value is -2.02. The number of alkyl carbamates (subject to hydrolysis) is 1. The van der Waals surface area contributed by atoms with Crippen LogP contribution in [0.3, 0.4) is 0 Å². The maximum Gasteiger partial charge on any atom is 0.407 e. The van der Waals surface area contributed by atoms with E-state index in [4.69, 9.17) is 4.74 Å². The van der Waals surface area contributed by atoms with E-state index < -0.39 is 6.09 Å². The first kappa shape index (κ1) is 13.4. The number of benzene rings is 1. The van der Waals surface area contributed by atoms with Crippen LogP contribution in [0.5, 0.6) is 0 Å². The average molecular weight is 258 g/mol. The fourth-order valence-corrected chi connectivity index (χ4v) is 2.40. The molecule has 0 bridgehead atoms. The summed E-state index contributed by atoms with van der Waals surface area (Å²) in [5, 5.41) is 11.9. The number of nitriles is 1. The van der Waals surface area contributed by atoms with Crippen LogP contribution in [0.1, 0.15) is 31.2 Å². The van der Waals surface area contributed by atoms with E-state index in [1.165, 1.54) is 0 Å². The Morgan fingerprint density at radius 3 is 2.63 bits per heavy atom.